The Labute approximate surface area is 277 Å². The van der Waals surface area contributed by atoms with Crippen LogP contribution >= 0.6 is 0 Å². The number of rotatable bonds is 7. The van der Waals surface area contributed by atoms with Crippen LogP contribution in [0.25, 0.3) is 61.1 Å². The van der Waals surface area contributed by atoms with Crippen LogP contribution in [0.2, 0.25) is 0 Å². The van der Waals surface area contributed by atoms with E-state index in [-0.39, 0.29) is 5.75 Å². The van der Waals surface area contributed by atoms with Crippen molar-refractivity contribution in [1.29, 1.82) is 0 Å². The number of phenols is 1. The maximum Gasteiger partial charge on any atom is 0.144 e. The van der Waals surface area contributed by atoms with Gasteiger partial charge in [-0.2, -0.15) is 0 Å². The number of nitrogens with zero attached hydrogens (tertiary/aromatic N) is 3. The third-order valence-corrected chi connectivity index (χ3v) is 9.32. The van der Waals surface area contributed by atoms with Crippen LogP contribution in [0.5, 0.6) is 5.75 Å². The molecule has 0 spiro atoms. The van der Waals surface area contributed by atoms with Crippen molar-refractivity contribution in [1.82, 2.24) is 14.5 Å². The van der Waals surface area contributed by atoms with Gasteiger partial charge >= 0.3 is 0 Å². The largest absolute Gasteiger partial charge is 0.507 e. The van der Waals surface area contributed by atoms with Crippen molar-refractivity contribution in [3.63, 3.8) is 0 Å². The molecule has 0 saturated heterocycles. The summed E-state index contributed by atoms with van der Waals surface area (Å²) in [6, 6.07) is 35.9. The molecule has 47 heavy (non-hydrogen) atoms. The first kappa shape index (κ1) is 30.4. The number of hydrogen-bond acceptors (Lipinski definition) is 3. The van der Waals surface area contributed by atoms with E-state index in [1.807, 2.05) is 36.5 Å². The van der Waals surface area contributed by atoms with Crippen molar-refractivity contribution in [2.45, 2.75) is 59.3 Å². The fourth-order valence-electron chi connectivity index (χ4n) is 6.74. The summed E-state index contributed by atoms with van der Waals surface area (Å²) in [5.74, 6) is 2.28. The summed E-state index contributed by atoms with van der Waals surface area (Å²) < 4.78 is 2.26. The molecule has 0 amide bonds. The highest BCUT2D eigenvalue weighted by Crippen LogP contribution is 2.41. The molecule has 0 aliphatic carbocycles. The molecule has 4 heteroatoms. The van der Waals surface area contributed by atoms with Gasteiger partial charge in [0.05, 0.1) is 17.1 Å². The number of benzene rings is 5. The monoisotopic (exact) mass is 615 g/mol. The lowest BCUT2D eigenvalue weighted by atomic mass is 9.92. The van der Waals surface area contributed by atoms with Crippen molar-refractivity contribution in [2.24, 2.45) is 0 Å². The summed E-state index contributed by atoms with van der Waals surface area (Å²) in [6.07, 6.45) is 3.98. The van der Waals surface area contributed by atoms with E-state index in [0.717, 1.165) is 55.4 Å². The fraction of sp³-hybridized carbons (Fsp3) is 0.209. The van der Waals surface area contributed by atoms with E-state index in [1.165, 1.54) is 22.4 Å². The molecule has 5 aromatic carbocycles. The molecular weight excluding hydrogens is 574 g/mol. The first-order valence-electron chi connectivity index (χ1n) is 16.6. The molecule has 1 N–H and O–H groups in total. The maximum absolute atomic E-state index is 11.5. The molecule has 234 valence electrons. The highest BCUT2D eigenvalue weighted by molar-refractivity contribution is 6.02. The van der Waals surface area contributed by atoms with E-state index in [2.05, 4.69) is 125 Å². The van der Waals surface area contributed by atoms with Gasteiger partial charge < -0.3 is 5.11 Å². The SMILES string of the molecule is CC(C)c1ccc2c(-c3ccc4ccccc4c3O)nc(-c3cccc(-c4nccn4-c4c(C(C)C)cccc4C(C)C)c3)cc2c1. The molecule has 4 nitrogen and oxygen atoms in total. The second kappa shape index (κ2) is 12.2. The minimum absolute atomic E-state index is 0.252. The van der Waals surface area contributed by atoms with Crippen LogP contribution < -0.4 is 0 Å². The summed E-state index contributed by atoms with van der Waals surface area (Å²) in [4.78, 5) is 10.2. The van der Waals surface area contributed by atoms with Crippen molar-refractivity contribution < 1.29 is 5.11 Å². The topological polar surface area (TPSA) is 50.9 Å². The summed E-state index contributed by atoms with van der Waals surface area (Å²) in [5, 5.41) is 15.5. The summed E-state index contributed by atoms with van der Waals surface area (Å²) in [5.41, 5.74) is 9.48. The van der Waals surface area contributed by atoms with Crippen molar-refractivity contribution in [3.05, 3.63) is 132 Å². The molecule has 0 radical (unpaired) electrons. The Hall–Kier alpha value is -5.22. The lowest BCUT2D eigenvalue weighted by molar-refractivity contribution is 0.483. The van der Waals surface area contributed by atoms with E-state index >= 15 is 0 Å². The lowest BCUT2D eigenvalue weighted by Gasteiger charge is -2.22. The van der Waals surface area contributed by atoms with E-state index < -0.39 is 0 Å². The number of aromatic hydroxyl groups is 1. The Morgan fingerprint density at radius 1 is 0.617 bits per heavy atom. The predicted octanol–water partition coefficient (Wildman–Crippen LogP) is 11.7. The number of imidazole rings is 1. The highest BCUT2D eigenvalue weighted by Gasteiger charge is 2.20. The molecule has 2 aromatic heterocycles. The number of phenolic OH excluding ortho intramolecular Hbond substituents is 1. The maximum atomic E-state index is 11.5. The third-order valence-electron chi connectivity index (χ3n) is 9.32. The van der Waals surface area contributed by atoms with Gasteiger partial charge in [0, 0.05) is 39.9 Å². The minimum atomic E-state index is 0.252. The van der Waals surface area contributed by atoms with Gasteiger partial charge in [0.1, 0.15) is 11.6 Å². The van der Waals surface area contributed by atoms with Crippen LogP contribution in [-0.4, -0.2) is 19.6 Å². The molecule has 0 saturated carbocycles. The van der Waals surface area contributed by atoms with Gasteiger partial charge in [-0.25, -0.2) is 9.97 Å². The molecule has 0 aliphatic heterocycles. The van der Waals surface area contributed by atoms with Crippen LogP contribution in [0, 0.1) is 0 Å². The number of pyridine rings is 1. The zero-order valence-corrected chi connectivity index (χ0v) is 28.0. The average Bonchev–Trinajstić information content (AvgIpc) is 3.57. The Kier molecular flexibility index (Phi) is 7.89. The normalized spacial score (nSPS) is 11.9. The van der Waals surface area contributed by atoms with Crippen LogP contribution in [0.3, 0.4) is 0 Å². The minimum Gasteiger partial charge on any atom is -0.507 e. The summed E-state index contributed by atoms with van der Waals surface area (Å²) >= 11 is 0. The molecule has 0 unspecified atom stereocenters. The number of fused-ring (bicyclic) bond motifs is 2. The number of hydrogen-bond donors (Lipinski definition) is 1. The van der Waals surface area contributed by atoms with Gasteiger partial charge in [0.2, 0.25) is 0 Å². The molecule has 2 heterocycles. The summed E-state index contributed by atoms with van der Waals surface area (Å²) in [7, 11) is 0. The average molecular weight is 616 g/mol. The van der Waals surface area contributed by atoms with Crippen LogP contribution in [-0.2, 0) is 0 Å². The van der Waals surface area contributed by atoms with Crippen molar-refractivity contribution >= 4 is 21.5 Å². The first-order chi connectivity index (χ1) is 22.7. The Balaban J connectivity index is 1.42. The second-order valence-electron chi connectivity index (χ2n) is 13.5. The standard InChI is InChI=1S/C43H41N3O/c1-26(2)30-18-19-36-33(23-30)25-39(45-40(36)38-20-17-29-11-7-8-14-37(29)42(38)47)31-12-9-13-32(24-31)43-44-21-22-46(43)41-34(27(3)4)15-10-16-35(41)28(5)6/h7-28,47H,1-6H3. The van der Waals surface area contributed by atoms with Crippen LogP contribution in [0.15, 0.2) is 116 Å². The second-order valence-corrected chi connectivity index (χ2v) is 13.5. The van der Waals surface area contributed by atoms with Crippen LogP contribution in [0.1, 0.15) is 76.0 Å². The van der Waals surface area contributed by atoms with E-state index in [1.54, 1.807) is 0 Å². The van der Waals surface area contributed by atoms with Crippen molar-refractivity contribution in [3.8, 4) is 45.3 Å². The smallest absolute Gasteiger partial charge is 0.144 e. The predicted molar refractivity (Wildman–Crippen MR) is 197 cm³/mol. The molecule has 0 aliphatic rings. The molecule has 7 rings (SSSR count). The third kappa shape index (κ3) is 5.48. The van der Waals surface area contributed by atoms with Gasteiger partial charge in [0.15, 0.2) is 0 Å². The van der Waals surface area contributed by atoms with Gasteiger partial charge in [-0.05, 0) is 63.4 Å². The Bertz CT molecular complexity index is 2230. The quantitative estimate of drug-likeness (QED) is 0.194. The molecule has 0 fully saturated rings. The number of aromatic nitrogens is 3. The molecule has 7 aromatic rings. The zero-order chi connectivity index (χ0) is 32.8. The molecular formula is C43H41N3O. The Morgan fingerprint density at radius 2 is 1.34 bits per heavy atom. The first-order valence-corrected chi connectivity index (χ1v) is 16.6. The van der Waals surface area contributed by atoms with Crippen molar-refractivity contribution in [2.75, 3.05) is 0 Å². The summed E-state index contributed by atoms with van der Waals surface area (Å²) in [6.45, 7) is 13.4. The van der Waals surface area contributed by atoms with E-state index in [4.69, 9.17) is 9.97 Å². The molecule has 0 bridgehead atoms. The van der Waals surface area contributed by atoms with Gasteiger partial charge in [-0.15, -0.1) is 0 Å². The van der Waals surface area contributed by atoms with Gasteiger partial charge in [-0.1, -0.05) is 126 Å². The zero-order valence-electron chi connectivity index (χ0n) is 28.0. The van der Waals surface area contributed by atoms with E-state index in [0.29, 0.717) is 17.8 Å². The number of para-hydroxylation sites is 1. The van der Waals surface area contributed by atoms with Gasteiger partial charge in [0.25, 0.3) is 0 Å². The van der Waals surface area contributed by atoms with E-state index in [9.17, 15) is 5.11 Å². The fourth-order valence-corrected chi connectivity index (χ4v) is 6.74. The van der Waals surface area contributed by atoms with Crippen LogP contribution in [0.4, 0.5) is 0 Å². The molecule has 0 atom stereocenters. The Morgan fingerprint density at radius 3 is 2.09 bits per heavy atom. The lowest BCUT2D eigenvalue weighted by Crippen LogP contribution is -2.07. The highest BCUT2D eigenvalue weighted by atomic mass is 16.3. The van der Waals surface area contributed by atoms with Gasteiger partial charge in [-0.3, -0.25) is 4.57 Å².